The lowest BCUT2D eigenvalue weighted by molar-refractivity contribution is 0.00651. The van der Waals surface area contributed by atoms with Crippen molar-refractivity contribution < 1.29 is 5.11 Å². The molecule has 11 heavy (non-hydrogen) atoms. The van der Waals surface area contributed by atoms with Crippen LogP contribution < -0.4 is 0 Å². The Kier molecular flexibility index (Phi) is 2.26. The Morgan fingerprint density at radius 1 is 1.55 bits per heavy atom. The van der Waals surface area contributed by atoms with Crippen LogP contribution >= 0.6 is 0 Å². The molecule has 2 atom stereocenters. The third-order valence-corrected chi connectivity index (χ3v) is 3.00. The maximum Gasteiger partial charge on any atom is 0.0811 e. The summed E-state index contributed by atoms with van der Waals surface area (Å²) in [6.45, 7) is 7.17. The molecule has 0 aliphatic carbocycles. The zero-order chi connectivity index (χ0) is 8.65. The minimum Gasteiger partial charge on any atom is -0.388 e. The average Bonchev–Trinajstić information content (AvgIpc) is 2.09. The molecule has 1 aliphatic heterocycles. The highest BCUT2D eigenvalue weighted by atomic mass is 16.3. The van der Waals surface area contributed by atoms with Crippen molar-refractivity contribution in [3.63, 3.8) is 0 Å². The van der Waals surface area contributed by atoms with E-state index in [1.54, 1.807) is 0 Å². The SMILES string of the molecule is CC1CC(O)(C(C)C)CN1C. The Labute approximate surface area is 69.2 Å². The molecule has 0 radical (unpaired) electrons. The molecule has 0 saturated carbocycles. The largest absolute Gasteiger partial charge is 0.388 e. The second-order valence-electron chi connectivity index (χ2n) is 4.23. The predicted octanol–water partition coefficient (Wildman–Crippen LogP) is 1.10. The van der Waals surface area contributed by atoms with Crippen molar-refractivity contribution in [3.05, 3.63) is 0 Å². The van der Waals surface area contributed by atoms with E-state index in [1.807, 2.05) is 0 Å². The van der Waals surface area contributed by atoms with Crippen LogP contribution in [0, 0.1) is 5.92 Å². The Morgan fingerprint density at radius 3 is 2.27 bits per heavy atom. The third kappa shape index (κ3) is 1.57. The summed E-state index contributed by atoms with van der Waals surface area (Å²) in [7, 11) is 2.07. The molecule has 0 bridgehead atoms. The molecule has 2 nitrogen and oxygen atoms in total. The molecule has 1 saturated heterocycles. The van der Waals surface area contributed by atoms with Crippen molar-refractivity contribution in [1.29, 1.82) is 0 Å². The molecule has 66 valence electrons. The highest BCUT2D eigenvalue weighted by Crippen LogP contribution is 2.31. The van der Waals surface area contributed by atoms with Crippen molar-refractivity contribution in [2.24, 2.45) is 5.92 Å². The number of aliphatic hydroxyl groups is 1. The van der Waals surface area contributed by atoms with E-state index in [-0.39, 0.29) is 0 Å². The van der Waals surface area contributed by atoms with Gasteiger partial charge in [-0.25, -0.2) is 0 Å². The highest BCUT2D eigenvalue weighted by molar-refractivity contribution is 4.95. The van der Waals surface area contributed by atoms with Gasteiger partial charge in [0.25, 0.3) is 0 Å². The summed E-state index contributed by atoms with van der Waals surface area (Å²) in [5.41, 5.74) is -0.436. The first-order valence-electron chi connectivity index (χ1n) is 4.38. The summed E-state index contributed by atoms with van der Waals surface area (Å²) < 4.78 is 0. The maximum absolute atomic E-state index is 10.1. The number of hydrogen-bond donors (Lipinski definition) is 1. The van der Waals surface area contributed by atoms with Crippen LogP contribution in [0.4, 0.5) is 0 Å². The molecule has 2 unspecified atom stereocenters. The summed E-state index contributed by atoms with van der Waals surface area (Å²) >= 11 is 0. The molecule has 0 aromatic heterocycles. The van der Waals surface area contributed by atoms with Crippen molar-refractivity contribution in [1.82, 2.24) is 4.90 Å². The van der Waals surface area contributed by atoms with Gasteiger partial charge in [-0.2, -0.15) is 0 Å². The number of likely N-dealkylation sites (N-methyl/N-ethyl adjacent to an activating group) is 1. The number of nitrogens with zero attached hydrogens (tertiary/aromatic N) is 1. The third-order valence-electron chi connectivity index (χ3n) is 3.00. The van der Waals surface area contributed by atoms with Crippen LogP contribution in [0.3, 0.4) is 0 Å². The summed E-state index contributed by atoms with van der Waals surface area (Å²) in [5, 5.41) is 10.1. The quantitative estimate of drug-likeness (QED) is 0.616. The van der Waals surface area contributed by atoms with E-state index in [9.17, 15) is 5.11 Å². The van der Waals surface area contributed by atoms with E-state index in [1.165, 1.54) is 0 Å². The smallest absolute Gasteiger partial charge is 0.0811 e. The lowest BCUT2D eigenvalue weighted by Gasteiger charge is -2.26. The summed E-state index contributed by atoms with van der Waals surface area (Å²) in [4.78, 5) is 2.22. The first-order chi connectivity index (χ1) is 4.96. The van der Waals surface area contributed by atoms with Crippen molar-refractivity contribution in [2.45, 2.75) is 38.8 Å². The van der Waals surface area contributed by atoms with Crippen molar-refractivity contribution >= 4 is 0 Å². The molecular formula is C9H19NO. The topological polar surface area (TPSA) is 23.5 Å². The standard InChI is InChI=1S/C9H19NO/c1-7(2)9(11)5-8(3)10(4)6-9/h7-8,11H,5-6H2,1-4H3. The van der Waals surface area contributed by atoms with Gasteiger partial charge in [0.2, 0.25) is 0 Å². The number of β-amino-alcohol motifs (C(OH)–C–C–N with tert-alkyl or cyclic N) is 1. The Hall–Kier alpha value is -0.0800. The van der Waals surface area contributed by atoms with Gasteiger partial charge >= 0.3 is 0 Å². The number of likely N-dealkylation sites (tertiary alicyclic amines) is 1. The van der Waals surface area contributed by atoms with E-state index in [2.05, 4.69) is 32.7 Å². The second kappa shape index (κ2) is 2.76. The van der Waals surface area contributed by atoms with Gasteiger partial charge in [0.15, 0.2) is 0 Å². The number of hydrogen-bond acceptors (Lipinski definition) is 2. The van der Waals surface area contributed by atoms with E-state index in [4.69, 9.17) is 0 Å². The minimum absolute atomic E-state index is 0.370. The van der Waals surface area contributed by atoms with Crippen LogP contribution in [0.5, 0.6) is 0 Å². The normalized spacial score (nSPS) is 40.4. The van der Waals surface area contributed by atoms with E-state index < -0.39 is 5.60 Å². The summed E-state index contributed by atoms with van der Waals surface area (Å²) in [5.74, 6) is 0.370. The molecule has 1 N–H and O–H groups in total. The van der Waals surface area contributed by atoms with Gasteiger partial charge in [0.05, 0.1) is 5.60 Å². The fourth-order valence-electron chi connectivity index (χ4n) is 1.74. The van der Waals surface area contributed by atoms with Crippen LogP contribution in [-0.2, 0) is 0 Å². The van der Waals surface area contributed by atoms with Gasteiger partial charge in [-0.15, -0.1) is 0 Å². The molecule has 1 aliphatic rings. The predicted molar refractivity (Wildman–Crippen MR) is 46.5 cm³/mol. The molecule has 1 fully saturated rings. The van der Waals surface area contributed by atoms with Crippen LogP contribution in [-0.4, -0.2) is 35.2 Å². The average molecular weight is 157 g/mol. The van der Waals surface area contributed by atoms with Gasteiger partial charge in [-0.3, -0.25) is 0 Å². The first kappa shape index (κ1) is 9.01. The second-order valence-corrected chi connectivity index (χ2v) is 4.23. The lowest BCUT2D eigenvalue weighted by atomic mass is 9.88. The van der Waals surface area contributed by atoms with Gasteiger partial charge < -0.3 is 10.0 Å². The van der Waals surface area contributed by atoms with Crippen LogP contribution in [0.1, 0.15) is 27.2 Å². The number of rotatable bonds is 1. The summed E-state index contributed by atoms with van der Waals surface area (Å²) in [6.07, 6.45) is 0.918. The van der Waals surface area contributed by atoms with Crippen LogP contribution in [0.2, 0.25) is 0 Å². The molecule has 0 amide bonds. The van der Waals surface area contributed by atoms with Gasteiger partial charge in [-0.1, -0.05) is 13.8 Å². The molecule has 2 heteroatoms. The Morgan fingerprint density at radius 2 is 2.09 bits per heavy atom. The van der Waals surface area contributed by atoms with Crippen molar-refractivity contribution in [3.8, 4) is 0 Å². The van der Waals surface area contributed by atoms with E-state index in [0.29, 0.717) is 12.0 Å². The molecule has 1 rings (SSSR count). The van der Waals surface area contributed by atoms with Gasteiger partial charge in [0, 0.05) is 12.6 Å². The Balaban J connectivity index is 2.64. The lowest BCUT2D eigenvalue weighted by Crippen LogP contribution is -2.37. The first-order valence-corrected chi connectivity index (χ1v) is 4.38. The van der Waals surface area contributed by atoms with Gasteiger partial charge in [-0.05, 0) is 26.3 Å². The van der Waals surface area contributed by atoms with E-state index >= 15 is 0 Å². The fraction of sp³-hybridized carbons (Fsp3) is 1.00. The molecule has 0 spiro atoms. The maximum atomic E-state index is 10.1. The minimum atomic E-state index is -0.436. The monoisotopic (exact) mass is 157 g/mol. The molecule has 1 heterocycles. The zero-order valence-corrected chi connectivity index (χ0v) is 7.96. The summed E-state index contributed by atoms with van der Waals surface area (Å²) in [6, 6.07) is 0.530. The molecular weight excluding hydrogens is 138 g/mol. The Bertz CT molecular complexity index is 134. The van der Waals surface area contributed by atoms with Gasteiger partial charge in [0.1, 0.15) is 0 Å². The molecule has 0 aromatic rings. The molecule has 0 aromatic carbocycles. The van der Waals surface area contributed by atoms with E-state index in [0.717, 1.165) is 13.0 Å². The van der Waals surface area contributed by atoms with Crippen LogP contribution in [0.25, 0.3) is 0 Å². The highest BCUT2D eigenvalue weighted by Gasteiger charge is 2.40. The fourth-order valence-corrected chi connectivity index (χ4v) is 1.74. The van der Waals surface area contributed by atoms with Crippen LogP contribution in [0.15, 0.2) is 0 Å². The van der Waals surface area contributed by atoms with Crippen molar-refractivity contribution in [2.75, 3.05) is 13.6 Å². The zero-order valence-electron chi connectivity index (χ0n) is 7.96.